The number of hydrogen-bond acceptors (Lipinski definition) is 4. The van der Waals surface area contributed by atoms with Gasteiger partial charge in [0.15, 0.2) is 0 Å². The van der Waals surface area contributed by atoms with Gasteiger partial charge in [-0.3, -0.25) is 4.90 Å². The van der Waals surface area contributed by atoms with E-state index in [0.29, 0.717) is 18.6 Å². The van der Waals surface area contributed by atoms with Gasteiger partial charge in [0.25, 0.3) is 0 Å². The van der Waals surface area contributed by atoms with E-state index in [1.165, 1.54) is 25.3 Å². The lowest BCUT2D eigenvalue weighted by Crippen LogP contribution is -2.37. The predicted octanol–water partition coefficient (Wildman–Crippen LogP) is 1.16. The van der Waals surface area contributed by atoms with Crippen LogP contribution in [-0.2, 0) is 9.53 Å². The van der Waals surface area contributed by atoms with E-state index < -0.39 is 0 Å². The second-order valence-electron chi connectivity index (χ2n) is 4.59. The molecule has 0 bridgehead atoms. The fraction of sp³-hybridized carbons (Fsp3) is 0.769. The summed E-state index contributed by atoms with van der Waals surface area (Å²) in [7, 11) is 2.09. The van der Waals surface area contributed by atoms with Crippen LogP contribution in [0.25, 0.3) is 0 Å². The average molecular weight is 240 g/mol. The Hall–Kier alpha value is -0.870. The largest absolute Gasteiger partial charge is 0.463 e. The molecule has 4 nitrogen and oxygen atoms in total. The Bertz CT molecular complexity index is 266. The summed E-state index contributed by atoms with van der Waals surface area (Å²) in [5, 5.41) is 0. The van der Waals surface area contributed by atoms with Crippen LogP contribution in [-0.4, -0.2) is 43.7 Å². The summed E-state index contributed by atoms with van der Waals surface area (Å²) in [5.41, 5.74) is 5.76. The highest BCUT2D eigenvalue weighted by Gasteiger charge is 2.28. The summed E-state index contributed by atoms with van der Waals surface area (Å²) in [6, 6.07) is 0.562. The zero-order chi connectivity index (χ0) is 12.7. The smallest absolute Gasteiger partial charge is 0.330 e. The molecule has 2 N–H and O–H groups in total. The van der Waals surface area contributed by atoms with E-state index in [9.17, 15) is 4.79 Å². The normalized spacial score (nSPS) is 24.7. The van der Waals surface area contributed by atoms with Crippen LogP contribution >= 0.6 is 0 Å². The summed E-state index contributed by atoms with van der Waals surface area (Å²) < 4.78 is 4.83. The number of ether oxygens (including phenoxy) is 1. The summed E-state index contributed by atoms with van der Waals surface area (Å²) in [6.45, 7) is 3.77. The first-order valence-electron chi connectivity index (χ1n) is 6.42. The molecule has 0 aromatic carbocycles. The second-order valence-corrected chi connectivity index (χ2v) is 4.59. The van der Waals surface area contributed by atoms with Crippen molar-refractivity contribution in [3.63, 3.8) is 0 Å². The maximum absolute atomic E-state index is 11.1. The van der Waals surface area contributed by atoms with Crippen LogP contribution in [0.1, 0.15) is 26.2 Å². The van der Waals surface area contributed by atoms with Gasteiger partial charge in [-0.25, -0.2) is 4.79 Å². The molecule has 98 valence electrons. The molecule has 2 unspecified atom stereocenters. The lowest BCUT2D eigenvalue weighted by molar-refractivity contribution is -0.137. The van der Waals surface area contributed by atoms with Crippen molar-refractivity contribution in [1.29, 1.82) is 0 Å². The molecule has 1 saturated carbocycles. The lowest BCUT2D eigenvalue weighted by atomic mass is 10.0. The van der Waals surface area contributed by atoms with Crippen molar-refractivity contribution in [1.82, 2.24) is 4.90 Å². The third kappa shape index (κ3) is 4.48. The van der Waals surface area contributed by atoms with Gasteiger partial charge in [-0.05, 0) is 39.3 Å². The van der Waals surface area contributed by atoms with Crippen LogP contribution in [0.5, 0.6) is 0 Å². The van der Waals surface area contributed by atoms with Crippen LogP contribution in [0, 0.1) is 5.92 Å². The van der Waals surface area contributed by atoms with Crippen molar-refractivity contribution in [3.8, 4) is 0 Å². The van der Waals surface area contributed by atoms with Crippen LogP contribution in [0.4, 0.5) is 0 Å². The zero-order valence-corrected chi connectivity index (χ0v) is 10.9. The quantitative estimate of drug-likeness (QED) is 0.559. The van der Waals surface area contributed by atoms with Crippen LogP contribution < -0.4 is 5.73 Å². The molecule has 4 heteroatoms. The van der Waals surface area contributed by atoms with Crippen molar-refractivity contribution in [3.05, 3.63) is 12.2 Å². The van der Waals surface area contributed by atoms with Gasteiger partial charge < -0.3 is 10.5 Å². The number of carbonyl (C=O) groups is 1. The van der Waals surface area contributed by atoms with Crippen LogP contribution in [0.15, 0.2) is 12.2 Å². The number of nitrogens with two attached hydrogens (primary N) is 1. The Morgan fingerprint density at radius 3 is 2.94 bits per heavy atom. The highest BCUT2D eigenvalue weighted by atomic mass is 16.5. The number of likely N-dealkylation sites (N-methyl/N-ethyl adjacent to an activating group) is 1. The average Bonchev–Trinajstić information content (AvgIpc) is 2.77. The summed E-state index contributed by atoms with van der Waals surface area (Å²) in [4.78, 5) is 13.4. The van der Waals surface area contributed by atoms with Crippen molar-refractivity contribution < 1.29 is 9.53 Å². The Kier molecular flexibility index (Phi) is 6.22. The van der Waals surface area contributed by atoms with E-state index in [4.69, 9.17) is 10.5 Å². The van der Waals surface area contributed by atoms with E-state index in [-0.39, 0.29) is 5.97 Å². The first-order valence-corrected chi connectivity index (χ1v) is 6.42. The molecule has 2 atom stereocenters. The molecule has 0 spiro atoms. The molecule has 17 heavy (non-hydrogen) atoms. The molecule has 0 aromatic heterocycles. The van der Waals surface area contributed by atoms with E-state index in [1.807, 2.05) is 13.0 Å². The van der Waals surface area contributed by atoms with Crippen LogP contribution in [0.3, 0.4) is 0 Å². The molecule has 1 fully saturated rings. The highest BCUT2D eigenvalue weighted by Crippen LogP contribution is 2.28. The number of hydrogen-bond donors (Lipinski definition) is 1. The maximum atomic E-state index is 11.1. The Balaban J connectivity index is 2.33. The minimum Gasteiger partial charge on any atom is -0.463 e. The van der Waals surface area contributed by atoms with Crippen molar-refractivity contribution in [2.45, 2.75) is 32.2 Å². The molecule has 0 heterocycles. The molecule has 1 aliphatic carbocycles. The molecule has 0 amide bonds. The van der Waals surface area contributed by atoms with E-state index in [2.05, 4.69) is 11.9 Å². The monoisotopic (exact) mass is 240 g/mol. The van der Waals surface area contributed by atoms with Crippen molar-refractivity contribution in [2.24, 2.45) is 11.7 Å². The first kappa shape index (κ1) is 14.2. The molecular formula is C13H24N2O2. The van der Waals surface area contributed by atoms with Crippen LogP contribution in [0.2, 0.25) is 0 Å². The van der Waals surface area contributed by atoms with Gasteiger partial charge in [0.2, 0.25) is 0 Å². The van der Waals surface area contributed by atoms with Gasteiger partial charge in [0.1, 0.15) is 0 Å². The SMILES string of the molecule is CCOC(=O)/C=C/CN(C)C1CCCC1CN. The Morgan fingerprint density at radius 1 is 1.53 bits per heavy atom. The zero-order valence-electron chi connectivity index (χ0n) is 10.9. The number of esters is 1. The molecule has 1 rings (SSSR count). The fourth-order valence-corrected chi connectivity index (χ4v) is 2.51. The van der Waals surface area contributed by atoms with Gasteiger partial charge in [-0.1, -0.05) is 12.5 Å². The standard InChI is InChI=1S/C13H24N2O2/c1-3-17-13(16)8-5-9-15(2)12-7-4-6-11(12)10-14/h5,8,11-12H,3-4,6-7,9-10,14H2,1-2H3/b8-5+. The van der Waals surface area contributed by atoms with Crippen molar-refractivity contribution >= 4 is 5.97 Å². The third-order valence-corrected chi connectivity index (χ3v) is 3.42. The van der Waals surface area contributed by atoms with Crippen molar-refractivity contribution in [2.75, 3.05) is 26.7 Å². The Morgan fingerprint density at radius 2 is 2.29 bits per heavy atom. The highest BCUT2D eigenvalue weighted by molar-refractivity contribution is 5.81. The van der Waals surface area contributed by atoms with Gasteiger partial charge >= 0.3 is 5.97 Å². The topological polar surface area (TPSA) is 55.6 Å². The maximum Gasteiger partial charge on any atom is 0.330 e. The molecule has 0 aliphatic heterocycles. The third-order valence-electron chi connectivity index (χ3n) is 3.42. The van der Waals surface area contributed by atoms with Gasteiger partial charge in [0, 0.05) is 18.7 Å². The minimum absolute atomic E-state index is 0.261. The van der Waals surface area contributed by atoms with Gasteiger partial charge in [-0.2, -0.15) is 0 Å². The summed E-state index contributed by atoms with van der Waals surface area (Å²) in [6.07, 6.45) is 7.08. The fourth-order valence-electron chi connectivity index (χ4n) is 2.51. The Labute approximate surface area is 104 Å². The van der Waals surface area contributed by atoms with E-state index >= 15 is 0 Å². The van der Waals surface area contributed by atoms with E-state index in [1.54, 1.807) is 0 Å². The molecule has 0 saturated heterocycles. The molecule has 0 aromatic rings. The van der Waals surface area contributed by atoms with E-state index in [0.717, 1.165) is 13.1 Å². The molecular weight excluding hydrogens is 216 g/mol. The van der Waals surface area contributed by atoms with Gasteiger partial charge in [0.05, 0.1) is 6.61 Å². The minimum atomic E-state index is -0.261. The predicted molar refractivity (Wildman–Crippen MR) is 68.6 cm³/mol. The number of nitrogens with zero attached hydrogens (tertiary/aromatic N) is 1. The lowest BCUT2D eigenvalue weighted by Gasteiger charge is -2.27. The first-order chi connectivity index (χ1) is 8.19. The summed E-state index contributed by atoms with van der Waals surface area (Å²) >= 11 is 0. The van der Waals surface area contributed by atoms with Gasteiger partial charge in [-0.15, -0.1) is 0 Å². The molecule has 1 aliphatic rings. The second kappa shape index (κ2) is 7.45. The molecule has 0 radical (unpaired) electrons. The summed E-state index contributed by atoms with van der Waals surface area (Å²) in [5.74, 6) is 0.346. The number of rotatable bonds is 6. The number of carbonyl (C=O) groups excluding carboxylic acids is 1.